The van der Waals surface area contributed by atoms with Crippen molar-refractivity contribution in [3.8, 4) is 5.75 Å². The summed E-state index contributed by atoms with van der Waals surface area (Å²) in [6, 6.07) is 7.26. The van der Waals surface area contributed by atoms with Gasteiger partial charge in [-0.1, -0.05) is 39.0 Å². The first-order valence-electron chi connectivity index (χ1n) is 14.3. The number of aromatic nitrogens is 1. The number of guanidine groups is 2. The van der Waals surface area contributed by atoms with Crippen molar-refractivity contribution in [2.45, 2.75) is 68.9 Å². The van der Waals surface area contributed by atoms with Gasteiger partial charge in [0.2, 0.25) is 5.66 Å². The lowest BCUT2D eigenvalue weighted by Gasteiger charge is -2.43. The first kappa shape index (κ1) is 27.8. The van der Waals surface area contributed by atoms with Gasteiger partial charge in [-0.05, 0) is 36.0 Å². The maximum atomic E-state index is 13.6. The van der Waals surface area contributed by atoms with E-state index in [1.807, 2.05) is 25.1 Å². The van der Waals surface area contributed by atoms with E-state index in [0.29, 0.717) is 23.6 Å². The van der Waals surface area contributed by atoms with Gasteiger partial charge in [0.15, 0.2) is 12.0 Å². The van der Waals surface area contributed by atoms with E-state index in [0.717, 1.165) is 24.0 Å². The zero-order valence-electron chi connectivity index (χ0n) is 24.0. The van der Waals surface area contributed by atoms with Gasteiger partial charge in [0, 0.05) is 24.8 Å². The molecule has 1 saturated heterocycles. The smallest absolute Gasteiger partial charge is 0.343 e. The summed E-state index contributed by atoms with van der Waals surface area (Å²) in [7, 11) is 0. The van der Waals surface area contributed by atoms with Crippen LogP contribution in [0.15, 0.2) is 41.5 Å². The van der Waals surface area contributed by atoms with Crippen molar-refractivity contribution in [3.63, 3.8) is 0 Å². The quantitative estimate of drug-likeness (QED) is 0.197. The molecule has 5 heterocycles. The Balaban J connectivity index is 1.21. The molecular formula is C29H38N9O4+. The van der Waals surface area contributed by atoms with Gasteiger partial charge in [-0.25, -0.2) is 10.3 Å². The molecule has 6 rings (SSSR count). The Morgan fingerprint density at radius 3 is 2.79 bits per heavy atom. The Hall–Kier alpha value is -4.39. The maximum Gasteiger partial charge on any atom is 0.343 e. The van der Waals surface area contributed by atoms with Crippen LogP contribution in [-0.4, -0.2) is 88.3 Å². The fourth-order valence-electron chi connectivity index (χ4n) is 6.54. The second-order valence-corrected chi connectivity index (χ2v) is 12.0. The number of pyridine rings is 1. The molecule has 13 nitrogen and oxygen atoms in total. The van der Waals surface area contributed by atoms with Crippen LogP contribution in [0.5, 0.6) is 5.75 Å². The molecule has 0 aliphatic carbocycles. The molecule has 5 atom stereocenters. The lowest BCUT2D eigenvalue weighted by Crippen LogP contribution is -2.88. The first-order valence-corrected chi connectivity index (χ1v) is 14.3. The van der Waals surface area contributed by atoms with Gasteiger partial charge in [0.05, 0.1) is 18.2 Å². The number of carbonyl (C=O) groups is 2. The average molecular weight is 577 g/mol. The normalized spacial score (nSPS) is 28.7. The number of fused-ring (bicyclic) bond motifs is 1. The molecule has 1 aromatic heterocycles. The highest BCUT2D eigenvalue weighted by Crippen LogP contribution is 2.41. The van der Waals surface area contributed by atoms with Crippen LogP contribution in [0.1, 0.15) is 59.2 Å². The summed E-state index contributed by atoms with van der Waals surface area (Å²) in [5.74, 6) is 0.269. The summed E-state index contributed by atoms with van der Waals surface area (Å²) in [6.45, 7) is 7.11. The van der Waals surface area contributed by atoms with E-state index in [1.165, 1.54) is 0 Å². The number of aliphatic hydroxyl groups excluding tert-OH is 1. The SMILES string of the molecule is CCc1ccc(C(=O)NC[C@@H]2N=C(N)N3CC(NC(=O)c4cccc5c4OCCC5(C)C)[C@@H](O)[C@@]34NC(N)=[NH+][C@@H]24)nc1. The Morgan fingerprint density at radius 2 is 2.05 bits per heavy atom. The lowest BCUT2D eigenvalue weighted by atomic mass is 9.79. The van der Waals surface area contributed by atoms with E-state index in [4.69, 9.17) is 16.2 Å². The van der Waals surface area contributed by atoms with E-state index in [2.05, 4.69) is 44.8 Å². The number of aryl methyl sites for hydroxylation is 1. The minimum atomic E-state index is -1.20. The van der Waals surface area contributed by atoms with Crippen molar-refractivity contribution >= 4 is 23.7 Å². The van der Waals surface area contributed by atoms with Gasteiger partial charge < -0.3 is 31.1 Å². The number of benzene rings is 1. The summed E-state index contributed by atoms with van der Waals surface area (Å²) >= 11 is 0. The van der Waals surface area contributed by atoms with Crippen molar-refractivity contribution in [2.24, 2.45) is 16.5 Å². The summed E-state index contributed by atoms with van der Waals surface area (Å²) in [5, 5.41) is 20.8. The van der Waals surface area contributed by atoms with Crippen LogP contribution in [0.2, 0.25) is 0 Å². The minimum absolute atomic E-state index is 0.117. The van der Waals surface area contributed by atoms with Crippen LogP contribution in [0.4, 0.5) is 0 Å². The van der Waals surface area contributed by atoms with Gasteiger partial charge in [0.1, 0.15) is 23.6 Å². The molecular weight excluding hydrogens is 538 g/mol. The number of carbonyl (C=O) groups excluding carboxylic acids is 2. The highest BCUT2D eigenvalue weighted by molar-refractivity contribution is 5.98. The lowest BCUT2D eigenvalue weighted by molar-refractivity contribution is -0.513. The number of hydrogen-bond donors (Lipinski definition) is 7. The Morgan fingerprint density at radius 1 is 1.24 bits per heavy atom. The molecule has 1 fully saturated rings. The third-order valence-electron chi connectivity index (χ3n) is 8.95. The molecule has 1 aromatic carbocycles. The van der Waals surface area contributed by atoms with E-state index in [-0.39, 0.29) is 42.2 Å². The molecule has 13 heteroatoms. The highest BCUT2D eigenvalue weighted by atomic mass is 16.5. The predicted octanol–water partition coefficient (Wildman–Crippen LogP) is -2.33. The zero-order chi connectivity index (χ0) is 29.8. The number of amides is 2. The molecule has 0 bridgehead atoms. The number of nitrogens with one attached hydrogen (secondary N) is 4. The standard InChI is InChI=1S/C29H37N9O4/c1-4-15-8-9-18(32-12-15)25(41)33-13-19-22-29(37-26(30)36-22)23(39)20(14-38(29)27(31)35-19)34-24(40)16-6-5-7-17-21(16)42-11-10-28(17,2)3/h5-9,12,19-20,22-23,39H,4,10-11,13-14H2,1-3H3,(H2,31,35)(H,33,41)(H,34,40)(H3,30,36,37)/p+1/t19-,20?,22-,23+,29-/m0/s1. The van der Waals surface area contributed by atoms with Crippen LogP contribution >= 0.6 is 0 Å². The topological polar surface area (TPSA) is 194 Å². The van der Waals surface area contributed by atoms with Gasteiger partial charge in [-0.3, -0.25) is 25.3 Å². The Kier molecular flexibility index (Phi) is 6.71. The van der Waals surface area contributed by atoms with E-state index in [9.17, 15) is 14.7 Å². The number of aliphatic hydroxyl groups is 1. The third-order valence-corrected chi connectivity index (χ3v) is 8.95. The fourth-order valence-corrected chi connectivity index (χ4v) is 6.54. The zero-order valence-corrected chi connectivity index (χ0v) is 24.0. The van der Waals surface area contributed by atoms with Crippen molar-refractivity contribution < 1.29 is 24.4 Å². The highest BCUT2D eigenvalue weighted by Gasteiger charge is 2.68. The molecule has 2 amide bonds. The number of ether oxygens (including phenoxy) is 1. The average Bonchev–Trinajstić information content (AvgIpc) is 3.47. The molecule has 222 valence electrons. The second kappa shape index (κ2) is 10.2. The summed E-state index contributed by atoms with van der Waals surface area (Å²) in [6.07, 6.45) is 2.22. The Bertz CT molecular complexity index is 1470. The van der Waals surface area contributed by atoms with Crippen LogP contribution in [0.3, 0.4) is 0 Å². The number of nitrogens with zero attached hydrogens (tertiary/aromatic N) is 3. The second-order valence-electron chi connectivity index (χ2n) is 12.0. The minimum Gasteiger partial charge on any atom is -0.492 e. The van der Waals surface area contributed by atoms with Crippen LogP contribution < -0.4 is 37.1 Å². The van der Waals surface area contributed by atoms with Crippen molar-refractivity contribution in [3.05, 3.63) is 58.9 Å². The van der Waals surface area contributed by atoms with E-state index in [1.54, 1.807) is 23.2 Å². The van der Waals surface area contributed by atoms with E-state index >= 15 is 0 Å². The first-order chi connectivity index (χ1) is 20.0. The summed E-state index contributed by atoms with van der Waals surface area (Å²) in [5.41, 5.74) is 14.0. The largest absolute Gasteiger partial charge is 0.492 e. The number of aliphatic imine (C=N–C) groups is 1. The molecule has 1 unspecified atom stereocenters. The van der Waals surface area contributed by atoms with Crippen molar-refractivity contribution in [1.29, 1.82) is 0 Å². The molecule has 0 radical (unpaired) electrons. The monoisotopic (exact) mass is 576 g/mol. The molecule has 42 heavy (non-hydrogen) atoms. The molecule has 4 aliphatic rings. The molecule has 4 aliphatic heterocycles. The van der Waals surface area contributed by atoms with Crippen LogP contribution in [0, 0.1) is 0 Å². The number of hydrogen-bond acceptors (Lipinski definition) is 10. The summed E-state index contributed by atoms with van der Waals surface area (Å²) in [4.78, 5) is 40.2. The van der Waals surface area contributed by atoms with E-state index < -0.39 is 29.9 Å². The summed E-state index contributed by atoms with van der Waals surface area (Å²) < 4.78 is 5.95. The molecule has 0 saturated carbocycles. The predicted molar refractivity (Wildman–Crippen MR) is 155 cm³/mol. The number of rotatable bonds is 6. The van der Waals surface area contributed by atoms with Gasteiger partial charge >= 0.3 is 5.96 Å². The molecule has 2 aromatic rings. The van der Waals surface area contributed by atoms with Gasteiger partial charge in [-0.15, -0.1) is 0 Å². The molecule has 1 spiro atoms. The van der Waals surface area contributed by atoms with Crippen molar-refractivity contribution in [2.75, 3.05) is 19.7 Å². The third kappa shape index (κ3) is 4.39. The number of para-hydroxylation sites is 1. The van der Waals surface area contributed by atoms with Gasteiger partial charge in [0.25, 0.3) is 11.8 Å². The fraction of sp³-hybridized carbons (Fsp3) is 0.483. The number of nitrogens with two attached hydrogens (primary N) is 2. The van der Waals surface area contributed by atoms with Crippen molar-refractivity contribution in [1.82, 2.24) is 25.8 Å². The molecule has 9 N–H and O–H groups in total. The van der Waals surface area contributed by atoms with Gasteiger partial charge in [-0.2, -0.15) is 0 Å². The van der Waals surface area contributed by atoms with Crippen LogP contribution in [0.25, 0.3) is 0 Å². The maximum absolute atomic E-state index is 13.6. The Labute approximate surface area is 243 Å². The van der Waals surface area contributed by atoms with Crippen LogP contribution in [-0.2, 0) is 11.8 Å².